The predicted octanol–water partition coefficient (Wildman–Crippen LogP) is 7.05. The van der Waals surface area contributed by atoms with Gasteiger partial charge in [-0.05, 0) is 60.2 Å². The van der Waals surface area contributed by atoms with E-state index < -0.39 is 0 Å². The van der Waals surface area contributed by atoms with Crippen LogP contribution in [0.2, 0.25) is 5.02 Å². The van der Waals surface area contributed by atoms with Crippen LogP contribution in [0.1, 0.15) is 36.5 Å². The zero-order valence-electron chi connectivity index (χ0n) is 19.8. The maximum absolute atomic E-state index is 13.0. The number of unbranched alkanes of at least 4 members (excludes halogenated alkanes) is 2. The molecule has 2 N–H and O–H groups in total. The molecule has 0 bridgehead atoms. The second kappa shape index (κ2) is 12.9. The number of hydrogen-bond acceptors (Lipinski definition) is 6. The summed E-state index contributed by atoms with van der Waals surface area (Å²) in [5, 5.41) is 17.8. The molecule has 1 heterocycles. The van der Waals surface area contributed by atoms with E-state index in [1.54, 1.807) is 36.4 Å². The van der Waals surface area contributed by atoms with E-state index in [0.717, 1.165) is 21.8 Å². The molecule has 0 atom stereocenters. The molecule has 0 aliphatic carbocycles. The highest BCUT2D eigenvalue weighted by atomic mass is 35.5. The summed E-state index contributed by atoms with van der Waals surface area (Å²) in [6, 6.07) is 20.2. The third-order valence-corrected chi connectivity index (χ3v) is 6.90. The first-order valence-corrected chi connectivity index (χ1v) is 12.8. The van der Waals surface area contributed by atoms with Gasteiger partial charge >= 0.3 is 0 Å². The number of H-pyrrole nitrogens is 1. The van der Waals surface area contributed by atoms with Gasteiger partial charge in [-0.1, -0.05) is 73.5 Å². The number of allylic oxidation sites excluding steroid dienone is 1. The lowest BCUT2D eigenvalue weighted by Gasteiger charge is -2.14. The molecule has 36 heavy (non-hydrogen) atoms. The molecular weight excluding hydrogens is 494 g/mol. The number of tetrazole rings is 1. The Hall–Kier alpha value is -3.62. The van der Waals surface area contributed by atoms with E-state index >= 15 is 0 Å². The van der Waals surface area contributed by atoms with Crippen molar-refractivity contribution in [3.05, 3.63) is 89.5 Å². The molecule has 7 nitrogen and oxygen atoms in total. The summed E-state index contributed by atoms with van der Waals surface area (Å²) in [6.07, 6.45) is 7.57. The van der Waals surface area contributed by atoms with Gasteiger partial charge in [0.25, 0.3) is 5.91 Å². The van der Waals surface area contributed by atoms with Crippen LogP contribution in [0.4, 0.5) is 5.69 Å². The Balaban J connectivity index is 1.45. The monoisotopic (exact) mass is 519 g/mol. The largest absolute Gasteiger partial charge is 0.490 e. The van der Waals surface area contributed by atoms with Crippen molar-refractivity contribution in [1.29, 1.82) is 0 Å². The van der Waals surface area contributed by atoms with Crippen molar-refractivity contribution in [3.63, 3.8) is 0 Å². The zero-order chi connectivity index (χ0) is 25.2. The molecule has 184 valence electrons. The highest BCUT2D eigenvalue weighted by Crippen LogP contribution is 2.42. The van der Waals surface area contributed by atoms with E-state index in [-0.39, 0.29) is 5.91 Å². The van der Waals surface area contributed by atoms with Crippen molar-refractivity contribution in [2.45, 2.75) is 36.0 Å². The Bertz CT molecular complexity index is 1310. The predicted molar refractivity (Wildman–Crippen MR) is 144 cm³/mol. The van der Waals surface area contributed by atoms with E-state index in [1.807, 2.05) is 36.4 Å². The first-order valence-electron chi connectivity index (χ1n) is 11.6. The van der Waals surface area contributed by atoms with Gasteiger partial charge in [-0.15, -0.1) is 10.2 Å². The first kappa shape index (κ1) is 25.5. The van der Waals surface area contributed by atoms with Gasteiger partial charge in [0.2, 0.25) is 5.82 Å². The van der Waals surface area contributed by atoms with Crippen LogP contribution in [0.5, 0.6) is 5.75 Å². The maximum Gasteiger partial charge on any atom is 0.255 e. The third-order valence-electron chi connectivity index (χ3n) is 5.25. The number of amides is 1. The normalized spacial score (nSPS) is 11.1. The lowest BCUT2D eigenvalue weighted by atomic mass is 10.2. The number of carbonyl (C=O) groups excluding carboxylic acids is 1. The number of nitrogens with one attached hydrogen (secondary N) is 2. The molecule has 0 unspecified atom stereocenters. The number of aromatic nitrogens is 4. The standard InChI is InChI=1S/C27H26ClN5O2S/c1-2-3-4-5-8-18-35-20-16-14-19(15-17-20)27(34)29-23-12-9-11-22(28)25(23)36-24-13-7-6-10-21(24)26-30-32-33-31-26/h5-17H,2-4,18H2,1H3,(H,29,34)(H,30,31,32,33)/b8-5+. The van der Waals surface area contributed by atoms with E-state index in [9.17, 15) is 4.79 Å². The van der Waals surface area contributed by atoms with Crippen LogP contribution in [-0.4, -0.2) is 33.1 Å². The molecule has 4 rings (SSSR count). The van der Waals surface area contributed by atoms with Crippen LogP contribution in [0, 0.1) is 0 Å². The molecule has 0 saturated carbocycles. The van der Waals surface area contributed by atoms with Crippen LogP contribution < -0.4 is 10.1 Å². The second-order valence-electron chi connectivity index (χ2n) is 7.85. The van der Waals surface area contributed by atoms with E-state index in [2.05, 4.69) is 38.9 Å². The average molecular weight is 520 g/mol. The lowest BCUT2D eigenvalue weighted by molar-refractivity contribution is 0.102. The number of aromatic amines is 1. The molecular formula is C27H26ClN5O2S. The van der Waals surface area contributed by atoms with Gasteiger partial charge in [-0.3, -0.25) is 4.79 Å². The van der Waals surface area contributed by atoms with E-state index in [4.69, 9.17) is 16.3 Å². The Morgan fingerprint density at radius 3 is 2.69 bits per heavy atom. The Kier molecular flexibility index (Phi) is 9.13. The van der Waals surface area contributed by atoms with Crippen LogP contribution in [0.15, 0.2) is 88.7 Å². The molecule has 0 radical (unpaired) electrons. The minimum atomic E-state index is -0.239. The summed E-state index contributed by atoms with van der Waals surface area (Å²) in [5.41, 5.74) is 1.94. The van der Waals surface area contributed by atoms with Gasteiger partial charge in [0.15, 0.2) is 0 Å². The van der Waals surface area contributed by atoms with Gasteiger partial charge in [0, 0.05) is 16.0 Å². The number of hydrogen-bond donors (Lipinski definition) is 2. The maximum atomic E-state index is 13.0. The molecule has 0 aliphatic rings. The SMILES string of the molecule is CCCC/C=C/COc1ccc(C(=O)Nc2cccc(Cl)c2Sc2ccccc2-c2nn[nH]n2)cc1. The Labute approximate surface area is 219 Å². The van der Waals surface area contributed by atoms with E-state index in [1.165, 1.54) is 24.6 Å². The summed E-state index contributed by atoms with van der Waals surface area (Å²) in [4.78, 5) is 14.6. The third kappa shape index (κ3) is 6.74. The van der Waals surface area contributed by atoms with Gasteiger partial charge in [-0.25, -0.2) is 0 Å². The molecule has 0 saturated heterocycles. The highest BCUT2D eigenvalue weighted by Gasteiger charge is 2.16. The summed E-state index contributed by atoms with van der Waals surface area (Å²) in [7, 11) is 0. The molecule has 1 aromatic heterocycles. The number of carbonyl (C=O) groups is 1. The minimum absolute atomic E-state index is 0.239. The summed E-state index contributed by atoms with van der Waals surface area (Å²) >= 11 is 7.98. The van der Waals surface area contributed by atoms with Crippen LogP contribution in [0.3, 0.4) is 0 Å². The van der Waals surface area contributed by atoms with Crippen molar-refractivity contribution >= 4 is 35.0 Å². The van der Waals surface area contributed by atoms with E-state index in [0.29, 0.717) is 34.5 Å². The zero-order valence-corrected chi connectivity index (χ0v) is 21.4. The van der Waals surface area contributed by atoms with Crippen molar-refractivity contribution in [2.24, 2.45) is 0 Å². The topological polar surface area (TPSA) is 92.8 Å². The number of halogens is 1. The van der Waals surface area contributed by atoms with Gasteiger partial charge in [0.05, 0.1) is 15.6 Å². The van der Waals surface area contributed by atoms with Crippen molar-refractivity contribution in [1.82, 2.24) is 20.6 Å². The average Bonchev–Trinajstić information content (AvgIpc) is 3.44. The van der Waals surface area contributed by atoms with Crippen molar-refractivity contribution < 1.29 is 9.53 Å². The molecule has 1 amide bonds. The van der Waals surface area contributed by atoms with Crippen molar-refractivity contribution in [2.75, 3.05) is 11.9 Å². The number of nitrogens with zero attached hydrogens (tertiary/aromatic N) is 3. The summed E-state index contributed by atoms with van der Waals surface area (Å²) in [5.74, 6) is 0.954. The number of ether oxygens (including phenoxy) is 1. The first-order chi connectivity index (χ1) is 17.7. The van der Waals surface area contributed by atoms with Crippen LogP contribution in [-0.2, 0) is 0 Å². The van der Waals surface area contributed by atoms with Crippen LogP contribution in [0.25, 0.3) is 11.4 Å². The summed E-state index contributed by atoms with van der Waals surface area (Å²) in [6.45, 7) is 2.68. The lowest BCUT2D eigenvalue weighted by Crippen LogP contribution is -2.12. The fourth-order valence-corrected chi connectivity index (χ4v) is 4.71. The molecule has 4 aromatic rings. The molecule has 0 fully saturated rings. The fourth-order valence-electron chi connectivity index (χ4n) is 3.39. The quantitative estimate of drug-likeness (QED) is 0.163. The molecule has 0 aliphatic heterocycles. The van der Waals surface area contributed by atoms with Gasteiger partial charge in [0.1, 0.15) is 12.4 Å². The molecule has 3 aromatic carbocycles. The number of benzene rings is 3. The van der Waals surface area contributed by atoms with Crippen LogP contribution >= 0.6 is 23.4 Å². The van der Waals surface area contributed by atoms with Gasteiger partial charge in [-0.2, -0.15) is 5.21 Å². The Morgan fingerprint density at radius 2 is 1.92 bits per heavy atom. The molecule has 0 spiro atoms. The smallest absolute Gasteiger partial charge is 0.255 e. The number of rotatable bonds is 11. The minimum Gasteiger partial charge on any atom is -0.490 e. The fraction of sp³-hybridized carbons (Fsp3) is 0.185. The van der Waals surface area contributed by atoms with Gasteiger partial charge < -0.3 is 10.1 Å². The highest BCUT2D eigenvalue weighted by molar-refractivity contribution is 7.99. The molecule has 9 heteroatoms. The Morgan fingerprint density at radius 1 is 1.08 bits per heavy atom. The number of anilines is 1. The van der Waals surface area contributed by atoms with Crippen molar-refractivity contribution in [3.8, 4) is 17.1 Å². The second-order valence-corrected chi connectivity index (χ2v) is 9.31. The summed E-state index contributed by atoms with van der Waals surface area (Å²) < 4.78 is 5.73.